The van der Waals surface area contributed by atoms with Crippen molar-refractivity contribution in [1.82, 2.24) is 5.32 Å². The second kappa shape index (κ2) is 8.52. The van der Waals surface area contributed by atoms with E-state index in [0.29, 0.717) is 17.9 Å². The maximum absolute atomic E-state index is 11.6. The van der Waals surface area contributed by atoms with Crippen LogP contribution in [0.2, 0.25) is 0 Å². The number of carbonyl (C=O) groups excluding carboxylic acids is 2. The molecule has 0 aliphatic carbocycles. The fourth-order valence-corrected chi connectivity index (χ4v) is 2.32. The molecule has 26 heavy (non-hydrogen) atoms. The first-order chi connectivity index (χ1) is 12.3. The van der Waals surface area contributed by atoms with Gasteiger partial charge in [-0.15, -0.1) is 0 Å². The summed E-state index contributed by atoms with van der Waals surface area (Å²) in [5.41, 5.74) is 3.09. The van der Waals surface area contributed by atoms with Gasteiger partial charge in [0.05, 0.1) is 6.54 Å². The summed E-state index contributed by atoms with van der Waals surface area (Å²) in [5, 5.41) is 2.63. The lowest BCUT2D eigenvalue weighted by Gasteiger charge is -2.19. The Bertz CT molecular complexity index is 761. The highest BCUT2D eigenvalue weighted by molar-refractivity contribution is 5.80. The number of hydrogen-bond donors (Lipinski definition) is 1. The van der Waals surface area contributed by atoms with Crippen molar-refractivity contribution in [3.63, 3.8) is 0 Å². The molecule has 0 saturated carbocycles. The van der Waals surface area contributed by atoms with Crippen molar-refractivity contribution in [3.8, 4) is 16.9 Å². The summed E-state index contributed by atoms with van der Waals surface area (Å²) in [6.07, 6.45) is 0.312. The van der Waals surface area contributed by atoms with Gasteiger partial charge in [0.1, 0.15) is 24.2 Å². The molecule has 0 spiro atoms. The number of carbonyl (C=O) groups is 2. The predicted molar refractivity (Wildman–Crippen MR) is 102 cm³/mol. The predicted octanol–water partition coefficient (Wildman–Crippen LogP) is 4.38. The largest absolute Gasteiger partial charge is 0.492 e. The first-order valence-corrected chi connectivity index (χ1v) is 8.54. The van der Waals surface area contributed by atoms with E-state index in [9.17, 15) is 9.59 Å². The van der Waals surface area contributed by atoms with Crippen LogP contribution in [0.1, 0.15) is 36.7 Å². The van der Waals surface area contributed by atoms with E-state index in [-0.39, 0.29) is 6.61 Å². The maximum Gasteiger partial charge on any atom is 0.407 e. The van der Waals surface area contributed by atoms with Gasteiger partial charge in [-0.25, -0.2) is 4.79 Å². The minimum absolute atomic E-state index is 0.273. The topological polar surface area (TPSA) is 64.6 Å². The average molecular weight is 355 g/mol. The molecular weight excluding hydrogens is 330 g/mol. The van der Waals surface area contributed by atoms with Crippen LogP contribution in [0.4, 0.5) is 4.79 Å². The van der Waals surface area contributed by atoms with Crippen molar-refractivity contribution >= 4 is 12.4 Å². The number of hydrogen-bond acceptors (Lipinski definition) is 4. The van der Waals surface area contributed by atoms with Crippen LogP contribution >= 0.6 is 0 Å². The molecule has 138 valence electrons. The molecule has 5 nitrogen and oxygen atoms in total. The second-order valence-electron chi connectivity index (χ2n) is 7.05. The first kappa shape index (κ1) is 19.5. The fraction of sp³-hybridized carbons (Fsp3) is 0.333. The molecule has 1 amide bonds. The quantitative estimate of drug-likeness (QED) is 0.617. The van der Waals surface area contributed by atoms with Crippen LogP contribution in [0.5, 0.6) is 5.75 Å². The summed E-state index contributed by atoms with van der Waals surface area (Å²) in [6.45, 7) is 8.02. The van der Waals surface area contributed by atoms with Crippen LogP contribution in [0.15, 0.2) is 42.5 Å². The molecule has 0 aliphatic heterocycles. The van der Waals surface area contributed by atoms with Gasteiger partial charge in [-0.2, -0.15) is 0 Å². The molecule has 0 aliphatic rings. The van der Waals surface area contributed by atoms with Crippen molar-refractivity contribution in [2.45, 2.75) is 33.3 Å². The third-order valence-electron chi connectivity index (χ3n) is 3.49. The number of amides is 1. The van der Waals surface area contributed by atoms with Crippen molar-refractivity contribution < 1.29 is 19.1 Å². The molecule has 0 radical (unpaired) electrons. The highest BCUT2D eigenvalue weighted by Gasteiger charge is 2.15. The highest BCUT2D eigenvalue weighted by Crippen LogP contribution is 2.26. The number of aryl methyl sites for hydroxylation is 1. The van der Waals surface area contributed by atoms with Gasteiger partial charge < -0.3 is 14.8 Å². The van der Waals surface area contributed by atoms with Crippen molar-refractivity contribution in [2.75, 3.05) is 13.2 Å². The summed E-state index contributed by atoms with van der Waals surface area (Å²) in [6, 6.07) is 13.4. The minimum Gasteiger partial charge on any atom is -0.492 e. The third kappa shape index (κ3) is 6.24. The van der Waals surface area contributed by atoms with Gasteiger partial charge in [-0.3, -0.25) is 4.79 Å². The minimum atomic E-state index is -0.536. The number of nitrogens with one attached hydrogen (secondary N) is 1. The van der Waals surface area contributed by atoms with Crippen LogP contribution in [0.3, 0.4) is 0 Å². The molecule has 0 saturated heterocycles. The van der Waals surface area contributed by atoms with Gasteiger partial charge in [0.15, 0.2) is 0 Å². The van der Waals surface area contributed by atoms with Crippen LogP contribution in [-0.2, 0) is 4.74 Å². The number of benzene rings is 2. The SMILES string of the molecule is Cc1ccc(-c2cc(C=O)cc(OCCNC(=O)OC(C)(C)C)c2)cc1. The van der Waals surface area contributed by atoms with Gasteiger partial charge >= 0.3 is 6.09 Å². The molecule has 0 aromatic heterocycles. The van der Waals surface area contributed by atoms with E-state index >= 15 is 0 Å². The molecule has 2 aromatic rings. The van der Waals surface area contributed by atoms with Gasteiger partial charge in [-0.05, 0) is 57.0 Å². The Hall–Kier alpha value is -2.82. The Morgan fingerprint density at radius 2 is 1.77 bits per heavy atom. The number of ether oxygens (including phenoxy) is 2. The molecule has 0 bridgehead atoms. The second-order valence-corrected chi connectivity index (χ2v) is 7.05. The van der Waals surface area contributed by atoms with Crippen LogP contribution in [0, 0.1) is 6.92 Å². The van der Waals surface area contributed by atoms with Gasteiger partial charge in [0.25, 0.3) is 0 Å². The first-order valence-electron chi connectivity index (χ1n) is 8.54. The lowest BCUT2D eigenvalue weighted by molar-refractivity contribution is 0.0520. The summed E-state index contributed by atoms with van der Waals surface area (Å²) in [5.74, 6) is 0.580. The molecule has 0 unspecified atom stereocenters. The van der Waals surface area contributed by atoms with E-state index in [1.807, 2.05) is 43.3 Å². The smallest absolute Gasteiger partial charge is 0.407 e. The maximum atomic E-state index is 11.6. The Labute approximate surface area is 154 Å². The lowest BCUT2D eigenvalue weighted by Crippen LogP contribution is -2.34. The zero-order chi connectivity index (χ0) is 19.2. The Morgan fingerprint density at radius 1 is 1.08 bits per heavy atom. The van der Waals surface area contributed by atoms with E-state index in [1.54, 1.807) is 26.8 Å². The van der Waals surface area contributed by atoms with Gasteiger partial charge in [0.2, 0.25) is 0 Å². The molecule has 0 atom stereocenters. The van der Waals surface area contributed by atoms with Crippen molar-refractivity contribution in [3.05, 3.63) is 53.6 Å². The zero-order valence-electron chi connectivity index (χ0n) is 15.7. The third-order valence-corrected chi connectivity index (χ3v) is 3.49. The van der Waals surface area contributed by atoms with E-state index < -0.39 is 11.7 Å². The Balaban J connectivity index is 1.99. The lowest BCUT2D eigenvalue weighted by atomic mass is 10.0. The monoisotopic (exact) mass is 355 g/mol. The van der Waals surface area contributed by atoms with Crippen molar-refractivity contribution in [1.29, 1.82) is 0 Å². The summed E-state index contributed by atoms with van der Waals surface area (Å²) in [7, 11) is 0. The van der Waals surface area contributed by atoms with E-state index in [1.165, 1.54) is 5.56 Å². The molecule has 0 fully saturated rings. The number of alkyl carbamates (subject to hydrolysis) is 1. The molecular formula is C21H25NO4. The molecule has 2 rings (SSSR count). The van der Waals surface area contributed by atoms with E-state index in [0.717, 1.165) is 17.4 Å². The summed E-state index contributed by atoms with van der Waals surface area (Å²) >= 11 is 0. The van der Waals surface area contributed by atoms with Crippen LogP contribution in [0.25, 0.3) is 11.1 Å². The zero-order valence-corrected chi connectivity index (χ0v) is 15.7. The molecule has 5 heteroatoms. The van der Waals surface area contributed by atoms with Gasteiger partial charge in [-0.1, -0.05) is 29.8 Å². The van der Waals surface area contributed by atoms with E-state index in [4.69, 9.17) is 9.47 Å². The standard InChI is InChI=1S/C21H25NO4/c1-15-5-7-17(8-6-15)18-11-16(14-23)12-19(13-18)25-10-9-22-20(24)26-21(2,3)4/h5-8,11-14H,9-10H2,1-4H3,(H,22,24). The average Bonchev–Trinajstić information content (AvgIpc) is 2.57. The van der Waals surface area contributed by atoms with E-state index in [2.05, 4.69) is 5.32 Å². The summed E-state index contributed by atoms with van der Waals surface area (Å²) < 4.78 is 10.8. The van der Waals surface area contributed by atoms with Crippen LogP contribution < -0.4 is 10.1 Å². The highest BCUT2D eigenvalue weighted by atomic mass is 16.6. The Morgan fingerprint density at radius 3 is 2.38 bits per heavy atom. The van der Waals surface area contributed by atoms with Gasteiger partial charge in [0, 0.05) is 5.56 Å². The Kier molecular flexibility index (Phi) is 6.39. The fourth-order valence-electron chi connectivity index (χ4n) is 2.32. The van der Waals surface area contributed by atoms with Crippen molar-refractivity contribution in [2.24, 2.45) is 0 Å². The number of aldehydes is 1. The molecule has 2 aromatic carbocycles. The summed E-state index contributed by atoms with van der Waals surface area (Å²) in [4.78, 5) is 22.8. The normalized spacial score (nSPS) is 10.9. The molecule has 1 N–H and O–H groups in total. The van der Waals surface area contributed by atoms with Crippen LogP contribution in [-0.4, -0.2) is 31.1 Å². The number of rotatable bonds is 6. The molecule has 0 heterocycles.